The lowest BCUT2D eigenvalue weighted by atomic mass is 10.2. The Labute approximate surface area is 122 Å². The Morgan fingerprint density at radius 2 is 2.15 bits per heavy atom. The molecule has 1 aliphatic rings. The van der Waals surface area contributed by atoms with Crippen LogP contribution in [0.2, 0.25) is 5.02 Å². The van der Waals surface area contributed by atoms with Gasteiger partial charge in [-0.15, -0.1) is 0 Å². The molecule has 0 spiro atoms. The van der Waals surface area contributed by atoms with E-state index in [4.69, 9.17) is 16.0 Å². The summed E-state index contributed by atoms with van der Waals surface area (Å²) in [5, 5.41) is 0.654. The van der Waals surface area contributed by atoms with Crippen molar-refractivity contribution in [1.29, 1.82) is 0 Å². The molecule has 2 heterocycles. The zero-order valence-electron chi connectivity index (χ0n) is 11.3. The molecule has 106 valence electrons. The van der Waals surface area contributed by atoms with E-state index in [1.807, 2.05) is 11.0 Å². The van der Waals surface area contributed by atoms with E-state index in [1.165, 1.54) is 0 Å². The molecule has 20 heavy (non-hydrogen) atoms. The highest BCUT2D eigenvalue weighted by Crippen LogP contribution is 2.21. The van der Waals surface area contributed by atoms with Gasteiger partial charge in [0.1, 0.15) is 5.52 Å². The normalized spacial score (nSPS) is 15.2. The summed E-state index contributed by atoms with van der Waals surface area (Å²) in [6.07, 6.45) is 4.30. The molecule has 0 bridgehead atoms. The second-order valence-corrected chi connectivity index (χ2v) is 5.60. The van der Waals surface area contributed by atoms with Gasteiger partial charge in [0.05, 0.1) is 0 Å². The molecule has 0 N–H and O–H groups in total. The molecule has 1 aliphatic heterocycles. The number of carbonyl (C=O) groups excluding carboxylic acids is 1. The lowest BCUT2D eigenvalue weighted by Gasteiger charge is -2.14. The monoisotopic (exact) mass is 292 g/mol. The topological polar surface area (TPSA) is 46.3 Å². The van der Waals surface area contributed by atoms with Crippen LogP contribution in [0.25, 0.3) is 11.1 Å². The molecule has 0 radical (unpaired) electrons. The van der Waals surface area contributed by atoms with E-state index in [-0.39, 0.29) is 5.91 Å². The van der Waals surface area contributed by atoms with Crippen LogP contribution in [-0.4, -0.2) is 28.9 Å². The highest BCUT2D eigenvalue weighted by Gasteiger charge is 2.17. The molecule has 0 atom stereocenters. The van der Waals surface area contributed by atoms with Gasteiger partial charge >= 0.3 is 0 Å². The van der Waals surface area contributed by atoms with Crippen molar-refractivity contribution in [2.24, 2.45) is 0 Å². The zero-order valence-corrected chi connectivity index (χ0v) is 12.0. The number of oxazole rings is 1. The van der Waals surface area contributed by atoms with Crippen LogP contribution in [0.3, 0.4) is 0 Å². The van der Waals surface area contributed by atoms with E-state index in [1.54, 1.807) is 12.1 Å². The van der Waals surface area contributed by atoms with Gasteiger partial charge in [0.15, 0.2) is 11.5 Å². The van der Waals surface area contributed by atoms with Crippen LogP contribution >= 0.6 is 11.6 Å². The Bertz CT molecular complexity index is 617. The van der Waals surface area contributed by atoms with E-state index >= 15 is 0 Å². The summed E-state index contributed by atoms with van der Waals surface area (Å²) in [5.41, 5.74) is 1.52. The maximum absolute atomic E-state index is 11.9. The SMILES string of the molecule is O=C(CCCc1nc2cc(Cl)ccc2o1)N1CCCC1. The van der Waals surface area contributed by atoms with Gasteiger partial charge in [-0.1, -0.05) is 11.6 Å². The van der Waals surface area contributed by atoms with Gasteiger partial charge in [-0.3, -0.25) is 4.79 Å². The van der Waals surface area contributed by atoms with Gasteiger partial charge in [-0.2, -0.15) is 0 Å². The average Bonchev–Trinajstić information content (AvgIpc) is 3.06. The molecule has 0 saturated carbocycles. The number of halogens is 1. The number of fused-ring (bicyclic) bond motifs is 1. The standard InChI is InChI=1S/C15H17ClN2O2/c16-11-6-7-13-12(10-11)17-14(20-13)4-3-5-15(19)18-8-1-2-9-18/h6-7,10H,1-5,8-9H2. The summed E-state index contributed by atoms with van der Waals surface area (Å²) in [6.45, 7) is 1.83. The summed E-state index contributed by atoms with van der Waals surface area (Å²) in [6, 6.07) is 5.40. The first kappa shape index (κ1) is 13.4. The van der Waals surface area contributed by atoms with Crippen LogP contribution in [0.5, 0.6) is 0 Å². The van der Waals surface area contributed by atoms with Crippen LogP contribution in [0.15, 0.2) is 22.6 Å². The molecular formula is C15H17ClN2O2. The Hall–Kier alpha value is -1.55. The van der Waals surface area contributed by atoms with Crippen molar-refractivity contribution in [1.82, 2.24) is 9.88 Å². The maximum atomic E-state index is 11.9. The molecule has 4 nitrogen and oxygen atoms in total. The van der Waals surface area contributed by atoms with Gasteiger partial charge in [-0.05, 0) is 37.5 Å². The van der Waals surface area contributed by atoms with Crippen LogP contribution < -0.4 is 0 Å². The Morgan fingerprint density at radius 3 is 2.95 bits per heavy atom. The van der Waals surface area contributed by atoms with E-state index in [2.05, 4.69) is 4.98 Å². The minimum absolute atomic E-state index is 0.252. The highest BCUT2D eigenvalue weighted by atomic mass is 35.5. The smallest absolute Gasteiger partial charge is 0.222 e. The second kappa shape index (κ2) is 5.83. The van der Waals surface area contributed by atoms with Crippen molar-refractivity contribution >= 4 is 28.6 Å². The number of amides is 1. The van der Waals surface area contributed by atoms with Gasteiger partial charge in [0.2, 0.25) is 5.91 Å². The fraction of sp³-hybridized carbons (Fsp3) is 0.467. The fourth-order valence-electron chi connectivity index (χ4n) is 2.57. The molecule has 5 heteroatoms. The van der Waals surface area contributed by atoms with Crippen molar-refractivity contribution in [3.05, 3.63) is 29.1 Å². The molecule has 0 aliphatic carbocycles. The Balaban J connectivity index is 1.55. The van der Waals surface area contributed by atoms with Crippen LogP contribution in [-0.2, 0) is 11.2 Å². The number of likely N-dealkylation sites (tertiary alicyclic amines) is 1. The van der Waals surface area contributed by atoms with E-state index in [9.17, 15) is 4.79 Å². The van der Waals surface area contributed by atoms with E-state index in [0.717, 1.165) is 43.5 Å². The quantitative estimate of drug-likeness (QED) is 0.867. The number of aromatic nitrogens is 1. The first-order valence-electron chi connectivity index (χ1n) is 7.05. The first-order chi connectivity index (χ1) is 9.72. The molecule has 1 fully saturated rings. The number of rotatable bonds is 4. The van der Waals surface area contributed by atoms with Gasteiger partial charge in [0.25, 0.3) is 0 Å². The van der Waals surface area contributed by atoms with Gasteiger partial charge < -0.3 is 9.32 Å². The molecule has 1 aromatic heterocycles. The van der Waals surface area contributed by atoms with Crippen molar-refractivity contribution in [3.63, 3.8) is 0 Å². The van der Waals surface area contributed by atoms with E-state index in [0.29, 0.717) is 23.8 Å². The van der Waals surface area contributed by atoms with Crippen molar-refractivity contribution in [2.75, 3.05) is 13.1 Å². The molecule has 0 unspecified atom stereocenters. The molecular weight excluding hydrogens is 276 g/mol. The maximum Gasteiger partial charge on any atom is 0.222 e. The largest absolute Gasteiger partial charge is 0.441 e. The minimum Gasteiger partial charge on any atom is -0.441 e. The Kier molecular flexibility index (Phi) is 3.92. The molecule has 3 rings (SSSR count). The van der Waals surface area contributed by atoms with Crippen LogP contribution in [0, 0.1) is 0 Å². The number of carbonyl (C=O) groups is 1. The zero-order chi connectivity index (χ0) is 13.9. The van der Waals surface area contributed by atoms with Gasteiger partial charge in [-0.25, -0.2) is 4.98 Å². The molecule has 1 amide bonds. The third-order valence-electron chi connectivity index (χ3n) is 3.63. The number of aryl methyl sites for hydroxylation is 1. The predicted octanol–water partition coefficient (Wildman–Crippen LogP) is 3.43. The third-order valence-corrected chi connectivity index (χ3v) is 3.87. The highest BCUT2D eigenvalue weighted by molar-refractivity contribution is 6.31. The second-order valence-electron chi connectivity index (χ2n) is 5.16. The van der Waals surface area contributed by atoms with Crippen LogP contribution in [0.4, 0.5) is 0 Å². The predicted molar refractivity (Wildman–Crippen MR) is 77.8 cm³/mol. The Morgan fingerprint density at radius 1 is 1.35 bits per heavy atom. The fourth-order valence-corrected chi connectivity index (χ4v) is 2.74. The van der Waals surface area contributed by atoms with Gasteiger partial charge in [0, 0.05) is 31.0 Å². The summed E-state index contributed by atoms with van der Waals surface area (Å²) < 4.78 is 5.64. The number of hydrogen-bond donors (Lipinski definition) is 0. The number of nitrogens with zero attached hydrogens (tertiary/aromatic N) is 2. The average molecular weight is 293 g/mol. The number of benzene rings is 1. The number of hydrogen-bond acceptors (Lipinski definition) is 3. The molecule has 1 saturated heterocycles. The first-order valence-corrected chi connectivity index (χ1v) is 7.43. The van der Waals surface area contributed by atoms with Crippen molar-refractivity contribution in [2.45, 2.75) is 32.1 Å². The minimum atomic E-state index is 0.252. The lowest BCUT2D eigenvalue weighted by molar-refractivity contribution is -0.130. The molecule has 2 aromatic rings. The molecule has 1 aromatic carbocycles. The lowest BCUT2D eigenvalue weighted by Crippen LogP contribution is -2.27. The summed E-state index contributed by atoms with van der Waals surface area (Å²) in [5.74, 6) is 0.929. The summed E-state index contributed by atoms with van der Waals surface area (Å²) in [4.78, 5) is 18.3. The van der Waals surface area contributed by atoms with Crippen molar-refractivity contribution < 1.29 is 9.21 Å². The van der Waals surface area contributed by atoms with Crippen molar-refractivity contribution in [3.8, 4) is 0 Å². The summed E-state index contributed by atoms with van der Waals surface area (Å²) >= 11 is 5.91. The van der Waals surface area contributed by atoms with E-state index < -0.39 is 0 Å². The summed E-state index contributed by atoms with van der Waals surface area (Å²) in [7, 11) is 0. The third kappa shape index (κ3) is 2.96. The van der Waals surface area contributed by atoms with Crippen LogP contribution in [0.1, 0.15) is 31.6 Å².